The maximum Gasteiger partial charge on any atom is 0.310 e. The van der Waals surface area contributed by atoms with Gasteiger partial charge in [-0.3, -0.25) is 14.9 Å². The van der Waals surface area contributed by atoms with Gasteiger partial charge in [-0.2, -0.15) is 0 Å². The van der Waals surface area contributed by atoms with Crippen molar-refractivity contribution < 1.29 is 18.8 Å². The summed E-state index contributed by atoms with van der Waals surface area (Å²) in [5.41, 5.74) is 0.401. The number of nitro benzene ring substituents is 1. The molecule has 2 rings (SSSR count). The van der Waals surface area contributed by atoms with Crippen LogP contribution < -0.4 is 4.90 Å². The van der Waals surface area contributed by atoms with Gasteiger partial charge in [0.15, 0.2) is 0 Å². The summed E-state index contributed by atoms with van der Waals surface area (Å²) in [6.45, 7) is 4.27. The number of hydrogen-bond acceptors (Lipinski definition) is 5. The molecule has 114 valence electrons. The Balaban J connectivity index is 2.37. The van der Waals surface area contributed by atoms with Crippen LogP contribution in [0.5, 0.6) is 0 Å². The summed E-state index contributed by atoms with van der Waals surface area (Å²) in [7, 11) is 1.32. The Morgan fingerprint density at radius 3 is 2.71 bits per heavy atom. The molecular formula is C14H17FN2O4. The third-order valence-electron chi connectivity index (χ3n) is 3.91. The van der Waals surface area contributed by atoms with Gasteiger partial charge in [0.05, 0.1) is 24.0 Å². The Morgan fingerprint density at radius 1 is 1.48 bits per heavy atom. The number of carbonyl (C=O) groups excluding carboxylic acids is 1. The van der Waals surface area contributed by atoms with Crippen molar-refractivity contribution in [1.29, 1.82) is 0 Å². The average molecular weight is 296 g/mol. The van der Waals surface area contributed by atoms with Crippen molar-refractivity contribution >= 4 is 17.3 Å². The first-order valence-electron chi connectivity index (χ1n) is 6.62. The highest BCUT2D eigenvalue weighted by Crippen LogP contribution is 2.36. The number of methoxy groups -OCH3 is 1. The number of esters is 1. The van der Waals surface area contributed by atoms with Crippen molar-refractivity contribution in [3.05, 3.63) is 33.6 Å². The molecule has 1 fully saturated rings. The molecule has 0 bridgehead atoms. The molecule has 0 saturated carbocycles. The number of aryl methyl sites for hydroxylation is 1. The highest BCUT2D eigenvalue weighted by atomic mass is 19.1. The minimum Gasteiger partial charge on any atom is -0.469 e. The van der Waals surface area contributed by atoms with E-state index in [-0.39, 0.29) is 23.5 Å². The molecule has 0 amide bonds. The van der Waals surface area contributed by atoms with E-state index in [1.165, 1.54) is 13.2 Å². The zero-order valence-electron chi connectivity index (χ0n) is 12.1. The molecule has 1 heterocycles. The van der Waals surface area contributed by atoms with Gasteiger partial charge in [0, 0.05) is 13.1 Å². The largest absolute Gasteiger partial charge is 0.469 e. The lowest BCUT2D eigenvalue weighted by Crippen LogP contribution is -2.24. The molecule has 2 unspecified atom stereocenters. The average Bonchev–Trinajstić information content (AvgIpc) is 2.82. The topological polar surface area (TPSA) is 72.7 Å². The molecule has 7 heteroatoms. The molecule has 1 aromatic rings. The summed E-state index contributed by atoms with van der Waals surface area (Å²) >= 11 is 0. The third kappa shape index (κ3) is 2.81. The number of anilines is 1. The standard InChI is InChI=1S/C14H17FN2O4/c1-8-4-12(13(17(19)20)5-11(8)15)16-6-9(2)10(7-16)14(18)21-3/h4-5,9-10H,6-7H2,1-3H3. The molecule has 1 aromatic carbocycles. The molecular weight excluding hydrogens is 279 g/mol. The van der Waals surface area contributed by atoms with E-state index in [2.05, 4.69) is 0 Å². The number of hydrogen-bond donors (Lipinski definition) is 0. The molecule has 0 radical (unpaired) electrons. The Labute approximate surface area is 121 Å². The SMILES string of the molecule is COC(=O)C1CN(c2cc(C)c(F)cc2[N+](=O)[O-])CC1C. The maximum absolute atomic E-state index is 13.5. The van der Waals surface area contributed by atoms with E-state index in [4.69, 9.17) is 4.74 Å². The number of nitro groups is 1. The van der Waals surface area contributed by atoms with Crippen LogP contribution in [0.15, 0.2) is 12.1 Å². The Hall–Kier alpha value is -2.18. The first-order valence-corrected chi connectivity index (χ1v) is 6.62. The summed E-state index contributed by atoms with van der Waals surface area (Å²) in [4.78, 5) is 24.0. The summed E-state index contributed by atoms with van der Waals surface area (Å²) in [5, 5.41) is 11.1. The maximum atomic E-state index is 13.5. The van der Waals surface area contributed by atoms with Crippen molar-refractivity contribution in [3.8, 4) is 0 Å². The van der Waals surface area contributed by atoms with Gasteiger partial charge in [-0.15, -0.1) is 0 Å². The quantitative estimate of drug-likeness (QED) is 0.486. The molecule has 1 aliphatic heterocycles. The Kier molecular flexibility index (Phi) is 4.11. The number of nitrogens with zero attached hydrogens (tertiary/aromatic N) is 2. The lowest BCUT2D eigenvalue weighted by molar-refractivity contribution is -0.384. The van der Waals surface area contributed by atoms with Gasteiger partial charge < -0.3 is 9.64 Å². The smallest absolute Gasteiger partial charge is 0.310 e. The molecule has 0 spiro atoms. The highest BCUT2D eigenvalue weighted by Gasteiger charge is 2.38. The van der Waals surface area contributed by atoms with Gasteiger partial charge >= 0.3 is 5.97 Å². The molecule has 0 N–H and O–H groups in total. The van der Waals surface area contributed by atoms with E-state index >= 15 is 0 Å². The van der Waals surface area contributed by atoms with Crippen molar-refractivity contribution in [2.24, 2.45) is 11.8 Å². The zero-order chi connectivity index (χ0) is 15.7. The van der Waals surface area contributed by atoms with Gasteiger partial charge in [0.25, 0.3) is 5.69 Å². The third-order valence-corrected chi connectivity index (χ3v) is 3.91. The Morgan fingerprint density at radius 2 is 2.14 bits per heavy atom. The van der Waals surface area contributed by atoms with Crippen molar-refractivity contribution in [3.63, 3.8) is 0 Å². The fraction of sp³-hybridized carbons (Fsp3) is 0.500. The molecule has 0 aliphatic carbocycles. The number of carbonyl (C=O) groups is 1. The van der Waals surface area contributed by atoms with Crippen LogP contribution in [0.4, 0.5) is 15.8 Å². The van der Waals surface area contributed by atoms with Gasteiger partial charge in [-0.1, -0.05) is 6.92 Å². The van der Waals surface area contributed by atoms with E-state index in [9.17, 15) is 19.3 Å². The van der Waals surface area contributed by atoms with Crippen LogP contribution in [0, 0.1) is 34.7 Å². The number of benzene rings is 1. The van der Waals surface area contributed by atoms with Crippen LogP contribution in [0.1, 0.15) is 12.5 Å². The number of rotatable bonds is 3. The lowest BCUT2D eigenvalue weighted by Gasteiger charge is -2.19. The van der Waals surface area contributed by atoms with Gasteiger partial charge in [-0.25, -0.2) is 4.39 Å². The fourth-order valence-corrected chi connectivity index (χ4v) is 2.68. The van der Waals surface area contributed by atoms with Gasteiger partial charge in [0.1, 0.15) is 11.5 Å². The molecule has 0 aromatic heterocycles. The van der Waals surface area contributed by atoms with Crippen molar-refractivity contribution in [2.45, 2.75) is 13.8 Å². The second kappa shape index (κ2) is 5.67. The van der Waals surface area contributed by atoms with E-state index in [1.807, 2.05) is 6.92 Å². The molecule has 21 heavy (non-hydrogen) atoms. The molecule has 1 saturated heterocycles. The predicted molar refractivity (Wildman–Crippen MR) is 74.7 cm³/mol. The van der Waals surface area contributed by atoms with Crippen LogP contribution in [-0.4, -0.2) is 31.1 Å². The van der Waals surface area contributed by atoms with Crippen molar-refractivity contribution in [2.75, 3.05) is 25.1 Å². The fourth-order valence-electron chi connectivity index (χ4n) is 2.68. The normalized spacial score (nSPS) is 21.4. The van der Waals surface area contributed by atoms with E-state index < -0.39 is 10.7 Å². The lowest BCUT2D eigenvalue weighted by atomic mass is 9.99. The number of ether oxygens (including phenoxy) is 1. The summed E-state index contributed by atoms with van der Waals surface area (Å²) in [6.07, 6.45) is 0. The molecule has 6 nitrogen and oxygen atoms in total. The van der Waals surface area contributed by atoms with Crippen LogP contribution >= 0.6 is 0 Å². The first kappa shape index (κ1) is 15.2. The molecule has 1 aliphatic rings. The van der Waals surface area contributed by atoms with Gasteiger partial charge in [-0.05, 0) is 24.5 Å². The highest BCUT2D eigenvalue weighted by molar-refractivity contribution is 5.75. The first-order chi connectivity index (χ1) is 9.85. The molecule has 2 atom stereocenters. The summed E-state index contributed by atoms with van der Waals surface area (Å²) in [5.74, 6) is -1.25. The van der Waals surface area contributed by atoms with E-state index in [1.54, 1.807) is 11.8 Å². The number of halogens is 1. The second-order valence-corrected chi connectivity index (χ2v) is 5.36. The van der Waals surface area contributed by atoms with Crippen LogP contribution in [0.25, 0.3) is 0 Å². The van der Waals surface area contributed by atoms with Crippen LogP contribution in [0.2, 0.25) is 0 Å². The zero-order valence-corrected chi connectivity index (χ0v) is 12.1. The monoisotopic (exact) mass is 296 g/mol. The van der Waals surface area contributed by atoms with Crippen molar-refractivity contribution in [1.82, 2.24) is 0 Å². The minimum absolute atomic E-state index is 0.0161. The van der Waals surface area contributed by atoms with Gasteiger partial charge in [0.2, 0.25) is 0 Å². The van der Waals surface area contributed by atoms with E-state index in [0.29, 0.717) is 24.3 Å². The van der Waals surface area contributed by atoms with Crippen LogP contribution in [-0.2, 0) is 9.53 Å². The summed E-state index contributed by atoms with van der Waals surface area (Å²) < 4.78 is 18.3. The minimum atomic E-state index is -0.609. The summed E-state index contributed by atoms with van der Waals surface area (Å²) in [6, 6.07) is 2.39. The van der Waals surface area contributed by atoms with E-state index in [0.717, 1.165) is 6.07 Å². The van der Waals surface area contributed by atoms with Crippen LogP contribution in [0.3, 0.4) is 0 Å². The second-order valence-electron chi connectivity index (χ2n) is 5.36. The predicted octanol–water partition coefficient (Wildman–Crippen LogP) is 2.29. The Bertz CT molecular complexity index is 591.